The van der Waals surface area contributed by atoms with Crippen molar-refractivity contribution in [2.75, 3.05) is 0 Å². The van der Waals surface area contributed by atoms with Gasteiger partial charge in [0.2, 0.25) is 0 Å². The number of hydrogen-bond donors (Lipinski definition) is 0. The van der Waals surface area contributed by atoms with E-state index in [9.17, 15) is 10.0 Å². The zero-order chi connectivity index (χ0) is 20.8. The zero-order valence-corrected chi connectivity index (χ0v) is 17.9. The first-order chi connectivity index (χ1) is 13.7. The fraction of sp³-hybridized carbons (Fsp3) is 0.423. The Balaban J connectivity index is 1.62. The van der Waals surface area contributed by atoms with Crippen molar-refractivity contribution in [2.45, 2.75) is 64.5 Å². The van der Waals surface area contributed by atoms with E-state index < -0.39 is 11.1 Å². The number of hydroxylamine groups is 2. The molecule has 29 heavy (non-hydrogen) atoms. The Kier molecular flexibility index (Phi) is 5.00. The van der Waals surface area contributed by atoms with Crippen molar-refractivity contribution in [3.63, 3.8) is 0 Å². The van der Waals surface area contributed by atoms with Gasteiger partial charge >= 0.3 is 0 Å². The molecule has 3 aromatic rings. The van der Waals surface area contributed by atoms with Gasteiger partial charge in [0.05, 0.1) is 0 Å². The van der Waals surface area contributed by atoms with E-state index in [1.165, 1.54) is 32.2 Å². The van der Waals surface area contributed by atoms with Gasteiger partial charge in [-0.3, -0.25) is 4.79 Å². The Hall–Kier alpha value is -2.23. The van der Waals surface area contributed by atoms with E-state index >= 15 is 0 Å². The van der Waals surface area contributed by atoms with E-state index in [1.54, 1.807) is 0 Å². The lowest BCUT2D eigenvalue weighted by atomic mass is 9.73. The molecule has 0 amide bonds. The van der Waals surface area contributed by atoms with Gasteiger partial charge in [-0.25, -0.2) is 0 Å². The monoisotopic (exact) mass is 388 g/mol. The van der Waals surface area contributed by atoms with E-state index in [2.05, 4.69) is 54.6 Å². The molecule has 1 aliphatic rings. The highest BCUT2D eigenvalue weighted by Crippen LogP contribution is 2.41. The van der Waals surface area contributed by atoms with E-state index in [-0.39, 0.29) is 11.7 Å². The minimum atomic E-state index is -0.506. The highest BCUT2D eigenvalue weighted by atomic mass is 16.5. The summed E-state index contributed by atoms with van der Waals surface area (Å²) in [7, 11) is 0. The first kappa shape index (κ1) is 20.1. The molecule has 3 heteroatoms. The molecule has 0 aliphatic carbocycles. The van der Waals surface area contributed by atoms with E-state index in [0.29, 0.717) is 19.3 Å². The molecule has 1 radical (unpaired) electrons. The maximum absolute atomic E-state index is 13.2. The molecule has 0 N–H and O–H groups in total. The number of rotatable bonds is 4. The van der Waals surface area contributed by atoms with Gasteiger partial charge < -0.3 is 0 Å². The second kappa shape index (κ2) is 7.23. The molecule has 3 nitrogen and oxygen atoms in total. The standard InChI is InChI=1S/C26H30NO2/c1-25(2)16-20(17-26(3,4)27(25)29)24(28)14-13-23-21-11-7-5-9-18(21)15-19-10-6-8-12-22(19)23/h5-12,15,20H,13-14,16-17H2,1-4H3. The number of hydrogen-bond acceptors (Lipinski definition) is 2. The van der Waals surface area contributed by atoms with Gasteiger partial charge in [-0.1, -0.05) is 48.5 Å². The molecule has 3 aromatic carbocycles. The smallest absolute Gasteiger partial charge is 0.136 e. The predicted molar refractivity (Wildman–Crippen MR) is 118 cm³/mol. The molecule has 0 aromatic heterocycles. The maximum Gasteiger partial charge on any atom is 0.136 e. The minimum Gasteiger partial charge on any atom is -0.299 e. The maximum atomic E-state index is 13.2. The number of Topliss-reactive ketones (excluding diaryl/α,β-unsaturated/α-hetero) is 1. The second-order valence-electron chi connectivity index (χ2n) is 9.79. The third kappa shape index (κ3) is 3.70. The van der Waals surface area contributed by atoms with Gasteiger partial charge in [-0.15, -0.1) is 10.3 Å². The van der Waals surface area contributed by atoms with E-state index in [4.69, 9.17) is 0 Å². The summed E-state index contributed by atoms with van der Waals surface area (Å²) in [6.45, 7) is 7.83. The molecule has 0 bridgehead atoms. The summed E-state index contributed by atoms with van der Waals surface area (Å²) in [5, 5.41) is 18.7. The summed E-state index contributed by atoms with van der Waals surface area (Å²) in [5.41, 5.74) is 0.245. The van der Waals surface area contributed by atoms with Gasteiger partial charge in [0.25, 0.3) is 0 Å². The number of carbonyl (C=O) groups is 1. The van der Waals surface area contributed by atoms with Crippen molar-refractivity contribution in [1.29, 1.82) is 0 Å². The Morgan fingerprint density at radius 3 is 1.90 bits per heavy atom. The van der Waals surface area contributed by atoms with Crippen molar-refractivity contribution in [3.05, 3.63) is 60.2 Å². The Morgan fingerprint density at radius 1 is 0.897 bits per heavy atom. The molecular formula is C26H30NO2. The molecule has 1 fully saturated rings. The Morgan fingerprint density at radius 2 is 1.38 bits per heavy atom. The molecule has 0 saturated carbocycles. The largest absolute Gasteiger partial charge is 0.299 e. The Bertz CT molecular complexity index is 995. The van der Waals surface area contributed by atoms with Crippen LogP contribution in [0, 0.1) is 5.92 Å². The van der Waals surface area contributed by atoms with Gasteiger partial charge in [-0.05, 0) is 80.1 Å². The van der Waals surface area contributed by atoms with Crippen LogP contribution in [0.4, 0.5) is 0 Å². The van der Waals surface area contributed by atoms with Crippen LogP contribution in [0.1, 0.15) is 52.5 Å². The van der Waals surface area contributed by atoms with Crippen LogP contribution in [0.2, 0.25) is 0 Å². The third-order valence-electron chi connectivity index (χ3n) is 6.55. The topological polar surface area (TPSA) is 40.2 Å². The first-order valence-corrected chi connectivity index (χ1v) is 10.6. The number of aryl methyl sites for hydroxylation is 1. The lowest BCUT2D eigenvalue weighted by molar-refractivity contribution is -0.292. The summed E-state index contributed by atoms with van der Waals surface area (Å²) >= 11 is 0. The lowest BCUT2D eigenvalue weighted by Crippen LogP contribution is -2.59. The zero-order valence-electron chi connectivity index (χ0n) is 17.9. The van der Waals surface area contributed by atoms with Crippen LogP contribution in [0.3, 0.4) is 0 Å². The molecule has 0 atom stereocenters. The van der Waals surface area contributed by atoms with Crippen LogP contribution >= 0.6 is 0 Å². The Labute approximate surface area is 173 Å². The molecular weight excluding hydrogens is 358 g/mol. The van der Waals surface area contributed by atoms with Crippen molar-refractivity contribution < 1.29 is 10.0 Å². The molecule has 4 rings (SSSR count). The number of piperidine rings is 1. The predicted octanol–water partition coefficient (Wildman–Crippen LogP) is 6.11. The average Bonchev–Trinajstić information content (AvgIpc) is 2.68. The summed E-state index contributed by atoms with van der Waals surface area (Å²) < 4.78 is 0. The SMILES string of the molecule is CC1(C)CC(C(=O)CCc2c3ccccc3cc3ccccc23)CC(C)(C)N1[O]. The highest BCUT2D eigenvalue weighted by molar-refractivity contribution is 6.02. The van der Waals surface area contributed by atoms with Crippen LogP contribution in [-0.2, 0) is 16.4 Å². The van der Waals surface area contributed by atoms with Gasteiger partial charge in [0, 0.05) is 23.4 Å². The summed E-state index contributed by atoms with van der Waals surface area (Å²) in [6.07, 6.45) is 2.52. The summed E-state index contributed by atoms with van der Waals surface area (Å²) in [6, 6.07) is 19.1. The minimum absolute atomic E-state index is 0.0496. The molecule has 0 spiro atoms. The van der Waals surface area contributed by atoms with Crippen LogP contribution < -0.4 is 0 Å². The van der Waals surface area contributed by atoms with Gasteiger partial charge in [-0.2, -0.15) is 0 Å². The van der Waals surface area contributed by atoms with Gasteiger partial charge in [0.1, 0.15) is 5.78 Å². The van der Waals surface area contributed by atoms with Crippen molar-refractivity contribution in [2.24, 2.45) is 5.92 Å². The number of carbonyl (C=O) groups excluding carboxylic acids is 1. The van der Waals surface area contributed by atoms with Crippen molar-refractivity contribution in [3.8, 4) is 0 Å². The average molecular weight is 389 g/mol. The number of nitrogens with zero attached hydrogens (tertiary/aromatic N) is 1. The normalized spacial score (nSPS) is 19.6. The third-order valence-corrected chi connectivity index (χ3v) is 6.55. The first-order valence-electron chi connectivity index (χ1n) is 10.6. The summed E-state index contributed by atoms with van der Waals surface area (Å²) in [4.78, 5) is 13.2. The number of ketones is 1. The fourth-order valence-corrected chi connectivity index (χ4v) is 5.32. The number of fused-ring (bicyclic) bond motifs is 2. The van der Waals surface area contributed by atoms with E-state index in [0.717, 1.165) is 6.42 Å². The van der Waals surface area contributed by atoms with Crippen molar-refractivity contribution >= 4 is 27.3 Å². The molecule has 151 valence electrons. The molecule has 1 heterocycles. The van der Waals surface area contributed by atoms with Crippen molar-refractivity contribution in [1.82, 2.24) is 5.06 Å². The quantitative estimate of drug-likeness (QED) is 0.506. The second-order valence-corrected chi connectivity index (χ2v) is 9.79. The fourth-order valence-electron chi connectivity index (χ4n) is 5.32. The van der Waals surface area contributed by atoms with Crippen LogP contribution in [-0.4, -0.2) is 21.9 Å². The number of benzene rings is 3. The summed E-state index contributed by atoms with van der Waals surface area (Å²) in [5.74, 6) is 0.239. The van der Waals surface area contributed by atoms with Crippen LogP contribution in [0.15, 0.2) is 54.6 Å². The molecule has 1 aliphatic heterocycles. The van der Waals surface area contributed by atoms with Gasteiger partial charge in [0.15, 0.2) is 0 Å². The lowest BCUT2D eigenvalue weighted by Gasteiger charge is -2.49. The van der Waals surface area contributed by atoms with Crippen LogP contribution in [0.5, 0.6) is 0 Å². The molecule has 1 saturated heterocycles. The van der Waals surface area contributed by atoms with E-state index in [1.807, 2.05) is 27.7 Å². The highest BCUT2D eigenvalue weighted by Gasteiger charge is 2.47. The van der Waals surface area contributed by atoms with Crippen LogP contribution in [0.25, 0.3) is 21.5 Å². The molecule has 0 unspecified atom stereocenters.